The zero-order chi connectivity index (χ0) is 12.8. The molecule has 1 unspecified atom stereocenters. The molecule has 1 aromatic carbocycles. The summed E-state index contributed by atoms with van der Waals surface area (Å²) in [6.45, 7) is 0.255. The van der Waals surface area contributed by atoms with Crippen LogP contribution in [-0.2, 0) is 16.0 Å². The van der Waals surface area contributed by atoms with Gasteiger partial charge >= 0.3 is 5.97 Å². The average molecular weight is 240 g/mol. The Balaban J connectivity index is 2.35. The lowest BCUT2D eigenvalue weighted by Crippen LogP contribution is -2.46. The van der Waals surface area contributed by atoms with Gasteiger partial charge in [0.25, 0.3) is 0 Å². The van der Waals surface area contributed by atoms with Gasteiger partial charge < -0.3 is 16.2 Å². The van der Waals surface area contributed by atoms with Crippen molar-refractivity contribution in [2.45, 2.75) is 12.5 Å². The Kier molecular flexibility index (Phi) is 4.59. The second-order valence-corrected chi connectivity index (χ2v) is 3.48. The van der Waals surface area contributed by atoms with E-state index in [0.717, 1.165) is 5.56 Å². The number of carbonyl (C=O) groups is 2. The molecule has 0 aromatic heterocycles. The number of aliphatic carboxylic acids is 1. The Labute approximate surface area is 97.4 Å². The largest absolute Gasteiger partial charge is 0.480 e. The summed E-state index contributed by atoms with van der Waals surface area (Å²) in [5, 5.41) is 10.9. The van der Waals surface area contributed by atoms with E-state index in [2.05, 4.69) is 5.32 Å². The first-order valence-electron chi connectivity index (χ1n) is 5.01. The molecule has 0 saturated carbocycles. The number of hydrogen-bond acceptors (Lipinski definition) is 3. The van der Waals surface area contributed by atoms with E-state index in [9.17, 15) is 14.0 Å². The average Bonchev–Trinajstić information content (AvgIpc) is 2.30. The molecule has 1 rings (SSSR count). The van der Waals surface area contributed by atoms with Gasteiger partial charge in [0.1, 0.15) is 5.82 Å². The number of carboxylic acid groups (broad SMARTS) is 1. The zero-order valence-electron chi connectivity index (χ0n) is 9.02. The van der Waals surface area contributed by atoms with Crippen LogP contribution in [0, 0.1) is 5.82 Å². The molecular formula is C11H13FN2O3. The molecule has 5 nitrogen and oxygen atoms in total. The summed E-state index contributed by atoms with van der Waals surface area (Å²) in [6.07, 6.45) is 0.484. The quantitative estimate of drug-likeness (QED) is 0.626. The standard InChI is InChI=1S/C11H13FN2O3/c12-8-3-1-7(2-4-8)5-6-14-10(15)9(13)11(16)17/h1-4,9H,5-6,13H2,(H,14,15)(H,16,17). The van der Waals surface area contributed by atoms with Crippen molar-refractivity contribution in [1.82, 2.24) is 5.32 Å². The van der Waals surface area contributed by atoms with Gasteiger partial charge in [0.2, 0.25) is 5.91 Å². The predicted octanol–water partition coefficient (Wildman–Crippen LogP) is -0.104. The molecule has 6 heteroatoms. The molecule has 0 radical (unpaired) electrons. The highest BCUT2D eigenvalue weighted by Gasteiger charge is 2.20. The highest BCUT2D eigenvalue weighted by atomic mass is 19.1. The summed E-state index contributed by atoms with van der Waals surface area (Å²) in [6, 6.07) is 4.28. The van der Waals surface area contributed by atoms with E-state index < -0.39 is 17.9 Å². The summed E-state index contributed by atoms with van der Waals surface area (Å²) in [7, 11) is 0. The van der Waals surface area contributed by atoms with Crippen molar-refractivity contribution < 1.29 is 19.1 Å². The van der Waals surface area contributed by atoms with Gasteiger partial charge in [0, 0.05) is 6.54 Å². The molecule has 4 N–H and O–H groups in total. The number of benzene rings is 1. The van der Waals surface area contributed by atoms with Crippen molar-refractivity contribution >= 4 is 11.9 Å². The minimum Gasteiger partial charge on any atom is -0.480 e. The second-order valence-electron chi connectivity index (χ2n) is 3.48. The Bertz CT molecular complexity index is 406. The number of rotatable bonds is 5. The molecule has 0 aliphatic carbocycles. The number of nitrogens with one attached hydrogen (secondary N) is 1. The number of amides is 1. The van der Waals surface area contributed by atoms with Crippen LogP contribution in [0.2, 0.25) is 0 Å². The number of hydrogen-bond donors (Lipinski definition) is 3. The van der Waals surface area contributed by atoms with Crippen LogP contribution in [-0.4, -0.2) is 29.6 Å². The second kappa shape index (κ2) is 5.95. The van der Waals surface area contributed by atoms with E-state index in [1.807, 2.05) is 0 Å². The molecule has 17 heavy (non-hydrogen) atoms. The van der Waals surface area contributed by atoms with Gasteiger partial charge in [-0.3, -0.25) is 4.79 Å². The van der Waals surface area contributed by atoms with Crippen molar-refractivity contribution in [3.05, 3.63) is 35.6 Å². The van der Waals surface area contributed by atoms with Crippen molar-refractivity contribution in [3.63, 3.8) is 0 Å². The van der Waals surface area contributed by atoms with E-state index in [1.54, 1.807) is 12.1 Å². The van der Waals surface area contributed by atoms with Crippen LogP contribution in [0.25, 0.3) is 0 Å². The third kappa shape index (κ3) is 4.20. The maximum absolute atomic E-state index is 12.6. The zero-order valence-corrected chi connectivity index (χ0v) is 9.02. The topological polar surface area (TPSA) is 92.4 Å². The van der Waals surface area contributed by atoms with E-state index in [1.165, 1.54) is 12.1 Å². The molecule has 0 spiro atoms. The fraction of sp³-hybridized carbons (Fsp3) is 0.273. The van der Waals surface area contributed by atoms with Gasteiger partial charge in [-0.15, -0.1) is 0 Å². The molecule has 0 bridgehead atoms. The Morgan fingerprint density at radius 1 is 1.35 bits per heavy atom. The number of carbonyl (C=O) groups excluding carboxylic acids is 1. The molecule has 1 amide bonds. The minimum atomic E-state index is -1.55. The van der Waals surface area contributed by atoms with Crippen LogP contribution < -0.4 is 11.1 Å². The van der Waals surface area contributed by atoms with Crippen molar-refractivity contribution in [3.8, 4) is 0 Å². The van der Waals surface area contributed by atoms with Crippen molar-refractivity contribution in [2.24, 2.45) is 5.73 Å². The first-order chi connectivity index (χ1) is 8.00. The summed E-state index contributed by atoms with van der Waals surface area (Å²) < 4.78 is 12.6. The normalized spacial score (nSPS) is 11.9. The maximum Gasteiger partial charge on any atom is 0.330 e. The monoisotopic (exact) mass is 240 g/mol. The van der Waals surface area contributed by atoms with Crippen LogP contribution in [0.3, 0.4) is 0 Å². The highest BCUT2D eigenvalue weighted by Crippen LogP contribution is 2.02. The summed E-state index contributed by atoms with van der Waals surface area (Å²) in [5.41, 5.74) is 5.94. The van der Waals surface area contributed by atoms with Gasteiger partial charge in [-0.2, -0.15) is 0 Å². The number of carboxylic acids is 1. The van der Waals surface area contributed by atoms with Gasteiger partial charge in [0.15, 0.2) is 6.04 Å². The summed E-state index contributed by atoms with van der Waals surface area (Å²) in [4.78, 5) is 21.5. The molecule has 0 saturated heterocycles. The van der Waals surface area contributed by atoms with Crippen LogP contribution in [0.1, 0.15) is 5.56 Å². The Hall–Kier alpha value is -1.95. The molecule has 0 aliphatic heterocycles. The van der Waals surface area contributed by atoms with Crippen LogP contribution in [0.15, 0.2) is 24.3 Å². The maximum atomic E-state index is 12.6. The molecule has 92 valence electrons. The third-order valence-electron chi connectivity index (χ3n) is 2.17. The number of halogens is 1. The lowest BCUT2D eigenvalue weighted by molar-refractivity contribution is -0.142. The van der Waals surface area contributed by atoms with Gasteiger partial charge in [-0.05, 0) is 24.1 Å². The van der Waals surface area contributed by atoms with E-state index in [-0.39, 0.29) is 12.4 Å². The summed E-state index contributed by atoms with van der Waals surface area (Å²) >= 11 is 0. The third-order valence-corrected chi connectivity index (χ3v) is 2.17. The van der Waals surface area contributed by atoms with Gasteiger partial charge in [0.05, 0.1) is 0 Å². The van der Waals surface area contributed by atoms with E-state index in [0.29, 0.717) is 6.42 Å². The Morgan fingerprint density at radius 3 is 2.47 bits per heavy atom. The fourth-order valence-corrected chi connectivity index (χ4v) is 1.20. The van der Waals surface area contributed by atoms with Crippen LogP contribution >= 0.6 is 0 Å². The lowest BCUT2D eigenvalue weighted by Gasteiger charge is -2.08. The molecule has 1 atom stereocenters. The fourth-order valence-electron chi connectivity index (χ4n) is 1.20. The van der Waals surface area contributed by atoms with Crippen molar-refractivity contribution in [2.75, 3.05) is 6.54 Å². The molecular weight excluding hydrogens is 227 g/mol. The predicted molar refractivity (Wildman–Crippen MR) is 58.7 cm³/mol. The minimum absolute atomic E-state index is 0.255. The lowest BCUT2D eigenvalue weighted by atomic mass is 10.1. The van der Waals surface area contributed by atoms with E-state index in [4.69, 9.17) is 10.8 Å². The van der Waals surface area contributed by atoms with Crippen LogP contribution in [0.4, 0.5) is 4.39 Å². The Morgan fingerprint density at radius 2 is 1.94 bits per heavy atom. The molecule has 0 fully saturated rings. The van der Waals surface area contributed by atoms with E-state index >= 15 is 0 Å². The first kappa shape index (κ1) is 13.1. The first-order valence-corrected chi connectivity index (χ1v) is 5.01. The highest BCUT2D eigenvalue weighted by molar-refractivity contribution is 6.00. The molecule has 0 heterocycles. The summed E-state index contributed by atoms with van der Waals surface area (Å²) in [5.74, 6) is -2.44. The number of nitrogens with two attached hydrogens (primary N) is 1. The molecule has 1 aromatic rings. The van der Waals surface area contributed by atoms with Gasteiger partial charge in [-0.25, -0.2) is 9.18 Å². The van der Waals surface area contributed by atoms with Gasteiger partial charge in [-0.1, -0.05) is 12.1 Å². The van der Waals surface area contributed by atoms with Crippen LogP contribution in [0.5, 0.6) is 0 Å². The molecule has 0 aliphatic rings. The SMILES string of the molecule is NC(C(=O)O)C(=O)NCCc1ccc(F)cc1. The smallest absolute Gasteiger partial charge is 0.330 e. The van der Waals surface area contributed by atoms with Crippen molar-refractivity contribution in [1.29, 1.82) is 0 Å².